The van der Waals surface area contributed by atoms with Crippen LogP contribution in [-0.2, 0) is 0 Å². The average molecular weight is 401 g/mol. The molecule has 156 valence electrons. The van der Waals surface area contributed by atoms with E-state index in [9.17, 15) is 9.59 Å². The lowest BCUT2D eigenvalue weighted by Crippen LogP contribution is -2.25. The fraction of sp³-hybridized carbons (Fsp3) is 0.400. The predicted molar refractivity (Wildman–Crippen MR) is 108 cm³/mol. The first-order valence-electron chi connectivity index (χ1n) is 9.58. The second-order valence-corrected chi connectivity index (χ2v) is 6.20. The summed E-state index contributed by atoms with van der Waals surface area (Å²) in [5.74, 6) is -0.107. The predicted octanol–water partition coefficient (Wildman–Crippen LogP) is 1.47. The Morgan fingerprint density at radius 3 is 2.83 bits per heavy atom. The van der Waals surface area contributed by atoms with E-state index in [0.29, 0.717) is 43.1 Å². The van der Waals surface area contributed by atoms with Crippen LogP contribution in [0.25, 0.3) is 5.69 Å². The van der Waals surface area contributed by atoms with Gasteiger partial charge in [0.2, 0.25) is 0 Å². The molecule has 3 N–H and O–H groups in total. The number of allylic oxidation sites excluding steroid dienone is 1. The van der Waals surface area contributed by atoms with Crippen molar-refractivity contribution in [1.29, 1.82) is 0 Å². The highest BCUT2D eigenvalue weighted by atomic mass is 16.5. The van der Waals surface area contributed by atoms with Gasteiger partial charge in [-0.15, -0.1) is 11.7 Å². The van der Waals surface area contributed by atoms with E-state index in [1.54, 1.807) is 18.2 Å². The molecule has 0 fully saturated rings. The minimum absolute atomic E-state index is 0.00250. The third-order valence-corrected chi connectivity index (χ3v) is 3.96. The first-order chi connectivity index (χ1) is 14.1. The van der Waals surface area contributed by atoms with Crippen LogP contribution in [-0.4, -0.2) is 58.2 Å². The van der Waals surface area contributed by atoms with Gasteiger partial charge in [0.15, 0.2) is 5.69 Å². The minimum atomic E-state index is -0.378. The van der Waals surface area contributed by atoms with Crippen molar-refractivity contribution in [2.24, 2.45) is 0 Å². The molecule has 1 heterocycles. The normalized spacial score (nSPS) is 10.4. The Bertz CT molecular complexity index is 834. The van der Waals surface area contributed by atoms with Gasteiger partial charge in [-0.2, -0.15) is 0 Å². The summed E-state index contributed by atoms with van der Waals surface area (Å²) < 4.78 is 7.30. The third kappa shape index (κ3) is 6.42. The fourth-order valence-electron chi connectivity index (χ4n) is 2.49. The average Bonchev–Trinajstić information content (AvgIpc) is 3.21. The lowest BCUT2D eigenvalue weighted by atomic mass is 10.1. The minimum Gasteiger partial charge on any atom is -0.491 e. The van der Waals surface area contributed by atoms with E-state index in [4.69, 9.17) is 9.84 Å². The second-order valence-electron chi connectivity index (χ2n) is 6.20. The molecule has 0 atom stereocenters. The molecule has 0 saturated carbocycles. The lowest BCUT2D eigenvalue weighted by molar-refractivity contribution is 0.0941. The maximum atomic E-state index is 12.2. The number of carbonyl (C=O) groups excluding carboxylic acids is 2. The molecular weight excluding hydrogens is 374 g/mol. The SMILES string of the molecule is C=CCCCOc1cc(C(=O)NCC)ccc1-n1cc(C(=O)NCCCO)nn1. The number of benzene rings is 1. The zero-order valence-corrected chi connectivity index (χ0v) is 16.6. The summed E-state index contributed by atoms with van der Waals surface area (Å²) in [4.78, 5) is 24.3. The highest BCUT2D eigenvalue weighted by Gasteiger charge is 2.16. The molecule has 0 bridgehead atoms. The summed E-state index contributed by atoms with van der Waals surface area (Å²) in [6.07, 6.45) is 5.36. The van der Waals surface area contributed by atoms with E-state index >= 15 is 0 Å². The van der Waals surface area contributed by atoms with Crippen molar-refractivity contribution in [2.75, 3.05) is 26.3 Å². The second kappa shape index (κ2) is 11.6. The standard InChI is InChI=1S/C20H27N5O4/c1-3-5-6-12-29-18-13-15(19(27)21-4-2)8-9-17(18)25-14-16(23-24-25)20(28)22-10-7-11-26/h3,8-9,13-14,26H,1,4-7,10-12H2,2H3,(H,21,27)(H,22,28). The number of hydrogen-bond acceptors (Lipinski definition) is 6. The zero-order chi connectivity index (χ0) is 21.1. The molecule has 2 aromatic rings. The van der Waals surface area contributed by atoms with Crippen molar-refractivity contribution < 1.29 is 19.4 Å². The van der Waals surface area contributed by atoms with E-state index in [-0.39, 0.29) is 24.1 Å². The molecule has 0 aliphatic carbocycles. The number of ether oxygens (including phenoxy) is 1. The molecule has 0 aliphatic heterocycles. The number of unbranched alkanes of at least 4 members (excludes halogenated alkanes) is 1. The van der Waals surface area contributed by atoms with Gasteiger partial charge in [-0.1, -0.05) is 11.3 Å². The quantitative estimate of drug-likeness (QED) is 0.366. The monoisotopic (exact) mass is 401 g/mol. The highest BCUT2D eigenvalue weighted by Crippen LogP contribution is 2.24. The Labute approximate surface area is 169 Å². The van der Waals surface area contributed by atoms with Crippen LogP contribution in [0.1, 0.15) is 47.0 Å². The van der Waals surface area contributed by atoms with Crippen LogP contribution in [0.2, 0.25) is 0 Å². The summed E-state index contributed by atoms with van der Waals surface area (Å²) in [5, 5.41) is 22.1. The Balaban J connectivity index is 2.24. The number of aromatic nitrogens is 3. The third-order valence-electron chi connectivity index (χ3n) is 3.96. The molecule has 1 aromatic carbocycles. The number of nitrogens with zero attached hydrogens (tertiary/aromatic N) is 3. The van der Waals surface area contributed by atoms with Crippen molar-refractivity contribution in [1.82, 2.24) is 25.6 Å². The van der Waals surface area contributed by atoms with Gasteiger partial charge in [-0.05, 0) is 44.4 Å². The summed E-state index contributed by atoms with van der Waals surface area (Å²) in [6, 6.07) is 5.02. The van der Waals surface area contributed by atoms with Crippen molar-refractivity contribution in [3.63, 3.8) is 0 Å². The molecule has 0 radical (unpaired) electrons. The maximum absolute atomic E-state index is 12.2. The Kier molecular flexibility index (Phi) is 8.84. The topological polar surface area (TPSA) is 118 Å². The highest BCUT2D eigenvalue weighted by molar-refractivity contribution is 5.95. The van der Waals surface area contributed by atoms with E-state index < -0.39 is 0 Å². The van der Waals surface area contributed by atoms with Crippen molar-refractivity contribution in [2.45, 2.75) is 26.2 Å². The maximum Gasteiger partial charge on any atom is 0.273 e. The summed E-state index contributed by atoms with van der Waals surface area (Å²) in [7, 11) is 0. The first-order valence-corrected chi connectivity index (χ1v) is 9.58. The van der Waals surface area contributed by atoms with Gasteiger partial charge in [0, 0.05) is 25.3 Å². The summed E-state index contributed by atoms with van der Waals surface area (Å²) in [5.41, 5.74) is 1.18. The molecule has 0 saturated heterocycles. The van der Waals surface area contributed by atoms with Gasteiger partial charge in [-0.3, -0.25) is 9.59 Å². The molecule has 1 aromatic heterocycles. The van der Waals surface area contributed by atoms with Crippen LogP contribution in [0.5, 0.6) is 5.75 Å². The number of rotatable bonds is 12. The van der Waals surface area contributed by atoms with Gasteiger partial charge >= 0.3 is 0 Å². The van der Waals surface area contributed by atoms with Gasteiger partial charge in [0.25, 0.3) is 11.8 Å². The van der Waals surface area contributed by atoms with Crippen LogP contribution in [0, 0.1) is 0 Å². The van der Waals surface area contributed by atoms with E-state index in [1.807, 2.05) is 13.0 Å². The Morgan fingerprint density at radius 2 is 2.10 bits per heavy atom. The van der Waals surface area contributed by atoms with E-state index in [2.05, 4.69) is 27.5 Å². The molecule has 2 rings (SSSR count). The van der Waals surface area contributed by atoms with Gasteiger partial charge in [0.05, 0.1) is 12.8 Å². The van der Waals surface area contributed by atoms with Gasteiger partial charge in [-0.25, -0.2) is 4.68 Å². The smallest absolute Gasteiger partial charge is 0.273 e. The van der Waals surface area contributed by atoms with Crippen molar-refractivity contribution in [3.05, 3.63) is 48.3 Å². The summed E-state index contributed by atoms with van der Waals surface area (Å²) in [6.45, 7) is 6.85. The van der Waals surface area contributed by atoms with Crippen molar-refractivity contribution >= 4 is 11.8 Å². The molecule has 0 spiro atoms. The van der Waals surface area contributed by atoms with Crippen LogP contribution < -0.4 is 15.4 Å². The van der Waals surface area contributed by atoms with E-state index in [0.717, 1.165) is 12.8 Å². The number of hydrogen-bond donors (Lipinski definition) is 3. The Hall–Kier alpha value is -3.20. The Morgan fingerprint density at radius 1 is 1.28 bits per heavy atom. The van der Waals surface area contributed by atoms with Gasteiger partial charge < -0.3 is 20.5 Å². The molecule has 0 unspecified atom stereocenters. The van der Waals surface area contributed by atoms with Gasteiger partial charge in [0.1, 0.15) is 11.4 Å². The molecule has 9 heteroatoms. The number of amides is 2. The van der Waals surface area contributed by atoms with Crippen LogP contribution in [0.3, 0.4) is 0 Å². The fourth-order valence-corrected chi connectivity index (χ4v) is 2.49. The van der Waals surface area contributed by atoms with Crippen LogP contribution in [0.4, 0.5) is 0 Å². The van der Waals surface area contributed by atoms with Crippen molar-refractivity contribution in [3.8, 4) is 11.4 Å². The molecular formula is C20H27N5O4. The molecule has 29 heavy (non-hydrogen) atoms. The summed E-state index contributed by atoms with van der Waals surface area (Å²) >= 11 is 0. The number of aliphatic hydroxyl groups excluding tert-OH is 1. The molecule has 2 amide bonds. The lowest BCUT2D eigenvalue weighted by Gasteiger charge is -2.12. The van der Waals surface area contributed by atoms with Crippen LogP contribution >= 0.6 is 0 Å². The van der Waals surface area contributed by atoms with Crippen LogP contribution in [0.15, 0.2) is 37.1 Å². The number of carbonyl (C=O) groups is 2. The number of aliphatic hydroxyl groups is 1. The first kappa shape index (κ1) is 22.1. The van der Waals surface area contributed by atoms with E-state index in [1.165, 1.54) is 10.9 Å². The molecule has 9 nitrogen and oxygen atoms in total. The zero-order valence-electron chi connectivity index (χ0n) is 16.6. The largest absolute Gasteiger partial charge is 0.491 e. The molecule has 0 aliphatic rings. The number of nitrogens with one attached hydrogen (secondary N) is 2.